The van der Waals surface area contributed by atoms with Crippen molar-refractivity contribution in [1.29, 1.82) is 0 Å². The van der Waals surface area contributed by atoms with Gasteiger partial charge in [-0.1, -0.05) is 23.2 Å². The van der Waals surface area contributed by atoms with Crippen LogP contribution in [-0.2, 0) is 11.0 Å². The average Bonchev–Trinajstić information content (AvgIpc) is 2.77. The normalized spacial score (nSPS) is 25.7. The molecule has 4 nitrogen and oxygen atoms in total. The Morgan fingerprint density at radius 2 is 2.11 bits per heavy atom. The number of aliphatic hydroxyl groups is 2. The molecule has 1 aromatic carbocycles. The van der Waals surface area contributed by atoms with Gasteiger partial charge in [-0.2, -0.15) is 0 Å². The summed E-state index contributed by atoms with van der Waals surface area (Å²) in [6.07, 6.45) is 0.295. The zero-order valence-electron chi connectivity index (χ0n) is 9.78. The standard InChI is InChI=1S/C11H12Cl2FNO3S/c12-7-3-8(13)10(4-9(7)14)19(18)15-2-1-11(17,5-15)6-16/h3-4,16-17H,1-2,5-6H2. The molecular formula is C11H12Cl2FNO3S. The lowest BCUT2D eigenvalue weighted by Gasteiger charge is -2.20. The van der Waals surface area contributed by atoms with Crippen molar-refractivity contribution in [3.8, 4) is 0 Å². The van der Waals surface area contributed by atoms with Crippen LogP contribution in [0.4, 0.5) is 4.39 Å². The van der Waals surface area contributed by atoms with Gasteiger partial charge in [0.15, 0.2) is 0 Å². The van der Waals surface area contributed by atoms with Crippen molar-refractivity contribution in [1.82, 2.24) is 4.31 Å². The van der Waals surface area contributed by atoms with E-state index in [4.69, 9.17) is 28.3 Å². The van der Waals surface area contributed by atoms with Crippen molar-refractivity contribution in [3.05, 3.63) is 28.0 Å². The minimum absolute atomic E-state index is 0.0384. The molecule has 19 heavy (non-hydrogen) atoms. The van der Waals surface area contributed by atoms with Crippen LogP contribution in [0.2, 0.25) is 10.0 Å². The minimum Gasteiger partial charge on any atom is -0.393 e. The van der Waals surface area contributed by atoms with Gasteiger partial charge in [-0.05, 0) is 18.6 Å². The third-order valence-corrected chi connectivity index (χ3v) is 5.20. The van der Waals surface area contributed by atoms with E-state index in [9.17, 15) is 13.7 Å². The summed E-state index contributed by atoms with van der Waals surface area (Å²) in [6.45, 7) is -0.0512. The van der Waals surface area contributed by atoms with Crippen LogP contribution in [0.5, 0.6) is 0 Å². The Hall–Kier alpha value is -0.240. The lowest BCUT2D eigenvalue weighted by molar-refractivity contribution is -0.000502. The van der Waals surface area contributed by atoms with Crippen molar-refractivity contribution in [2.75, 3.05) is 19.7 Å². The van der Waals surface area contributed by atoms with E-state index in [0.29, 0.717) is 13.0 Å². The third-order valence-electron chi connectivity index (χ3n) is 2.99. The maximum atomic E-state index is 13.4. The highest BCUT2D eigenvalue weighted by molar-refractivity contribution is 7.82. The number of benzene rings is 1. The molecule has 0 bridgehead atoms. The summed E-state index contributed by atoms with van der Waals surface area (Å²) in [6, 6.07) is 2.22. The molecule has 1 saturated heterocycles. The molecular weight excluding hydrogens is 316 g/mol. The Balaban J connectivity index is 2.24. The van der Waals surface area contributed by atoms with E-state index < -0.39 is 29.0 Å². The largest absolute Gasteiger partial charge is 0.393 e. The van der Waals surface area contributed by atoms with Crippen LogP contribution in [0.1, 0.15) is 6.42 Å². The molecule has 1 aromatic rings. The van der Waals surface area contributed by atoms with Gasteiger partial charge in [0.2, 0.25) is 0 Å². The van der Waals surface area contributed by atoms with Gasteiger partial charge < -0.3 is 10.2 Å². The molecule has 0 saturated carbocycles. The van der Waals surface area contributed by atoms with E-state index in [1.165, 1.54) is 10.4 Å². The van der Waals surface area contributed by atoms with Gasteiger partial charge in [-0.15, -0.1) is 0 Å². The lowest BCUT2D eigenvalue weighted by Crippen LogP contribution is -2.37. The molecule has 2 atom stereocenters. The first kappa shape index (κ1) is 15.2. The molecule has 1 heterocycles. The summed E-state index contributed by atoms with van der Waals surface area (Å²) < 4.78 is 27.1. The van der Waals surface area contributed by atoms with Gasteiger partial charge in [0.25, 0.3) is 0 Å². The zero-order valence-corrected chi connectivity index (χ0v) is 12.1. The Kier molecular flexibility index (Phi) is 4.49. The van der Waals surface area contributed by atoms with Crippen LogP contribution in [0.3, 0.4) is 0 Å². The second kappa shape index (κ2) is 5.63. The zero-order chi connectivity index (χ0) is 14.2. The molecule has 0 spiro atoms. The van der Waals surface area contributed by atoms with E-state index in [2.05, 4.69) is 0 Å². The highest BCUT2D eigenvalue weighted by atomic mass is 35.5. The van der Waals surface area contributed by atoms with E-state index in [-0.39, 0.29) is 21.5 Å². The van der Waals surface area contributed by atoms with Crippen LogP contribution in [-0.4, -0.2) is 44.0 Å². The molecule has 2 rings (SSSR count). The first-order valence-electron chi connectivity index (χ1n) is 5.51. The summed E-state index contributed by atoms with van der Waals surface area (Å²) in [4.78, 5) is 0.103. The van der Waals surface area contributed by atoms with E-state index in [1.54, 1.807) is 0 Å². The molecule has 0 radical (unpaired) electrons. The Labute approximate surface area is 122 Å². The van der Waals surface area contributed by atoms with Gasteiger partial charge in [-0.25, -0.2) is 12.9 Å². The topological polar surface area (TPSA) is 60.8 Å². The number of nitrogens with zero attached hydrogens (tertiary/aromatic N) is 1. The summed E-state index contributed by atoms with van der Waals surface area (Å²) in [7, 11) is -1.71. The SMILES string of the molecule is O=S(c1cc(F)c(Cl)cc1Cl)N1CCC(O)(CO)C1. The smallest absolute Gasteiger partial charge is 0.143 e. The maximum Gasteiger partial charge on any atom is 0.143 e. The summed E-state index contributed by atoms with van der Waals surface area (Å²) >= 11 is 11.5. The average molecular weight is 328 g/mol. The molecule has 0 aliphatic carbocycles. The fourth-order valence-corrected chi connectivity index (χ4v) is 3.77. The predicted octanol–water partition coefficient (Wildman–Crippen LogP) is 1.58. The lowest BCUT2D eigenvalue weighted by atomic mass is 10.1. The van der Waals surface area contributed by atoms with Gasteiger partial charge >= 0.3 is 0 Å². The Bertz CT molecular complexity index is 531. The van der Waals surface area contributed by atoms with Gasteiger partial charge in [0.1, 0.15) is 22.4 Å². The monoisotopic (exact) mass is 327 g/mol. The maximum absolute atomic E-state index is 13.4. The van der Waals surface area contributed by atoms with Crippen LogP contribution >= 0.6 is 23.2 Å². The number of hydrogen-bond acceptors (Lipinski definition) is 3. The molecule has 0 amide bonds. The second-order valence-electron chi connectivity index (χ2n) is 4.44. The molecule has 8 heteroatoms. The number of rotatable bonds is 3. The van der Waals surface area contributed by atoms with E-state index in [0.717, 1.165) is 6.07 Å². The van der Waals surface area contributed by atoms with Crippen LogP contribution < -0.4 is 0 Å². The first-order valence-corrected chi connectivity index (χ1v) is 7.37. The van der Waals surface area contributed by atoms with Crippen LogP contribution in [0.25, 0.3) is 0 Å². The second-order valence-corrected chi connectivity index (χ2v) is 6.71. The summed E-state index contributed by atoms with van der Waals surface area (Å²) in [5.41, 5.74) is -1.27. The predicted molar refractivity (Wildman–Crippen MR) is 71.1 cm³/mol. The Morgan fingerprint density at radius 3 is 2.68 bits per heavy atom. The number of hydrogen-bond donors (Lipinski definition) is 2. The highest BCUT2D eigenvalue weighted by Gasteiger charge is 2.38. The number of halogens is 3. The molecule has 2 N–H and O–H groups in total. The number of aliphatic hydroxyl groups excluding tert-OH is 1. The first-order chi connectivity index (χ1) is 8.86. The van der Waals surface area contributed by atoms with E-state index >= 15 is 0 Å². The summed E-state index contributed by atoms with van der Waals surface area (Å²) in [5.74, 6) is -0.703. The molecule has 1 aliphatic rings. The van der Waals surface area contributed by atoms with Crippen LogP contribution in [0, 0.1) is 5.82 Å². The fraction of sp³-hybridized carbons (Fsp3) is 0.455. The molecule has 0 aromatic heterocycles. The molecule has 2 unspecified atom stereocenters. The van der Waals surface area contributed by atoms with Crippen molar-refractivity contribution in [2.24, 2.45) is 0 Å². The van der Waals surface area contributed by atoms with Crippen molar-refractivity contribution in [2.45, 2.75) is 16.9 Å². The minimum atomic E-state index is -1.71. The van der Waals surface area contributed by atoms with Gasteiger partial charge in [0, 0.05) is 13.1 Å². The van der Waals surface area contributed by atoms with Crippen LogP contribution in [0.15, 0.2) is 17.0 Å². The quantitative estimate of drug-likeness (QED) is 0.829. The van der Waals surface area contributed by atoms with Crippen molar-refractivity contribution < 1.29 is 18.8 Å². The molecule has 1 fully saturated rings. The van der Waals surface area contributed by atoms with Gasteiger partial charge in [0.05, 0.1) is 21.5 Å². The number of β-amino-alcohol motifs (C(OH)–C–C–N with tert-alkyl or cyclic N) is 1. The fourth-order valence-electron chi connectivity index (χ4n) is 1.87. The molecule has 1 aliphatic heterocycles. The highest BCUT2D eigenvalue weighted by Crippen LogP contribution is 2.30. The van der Waals surface area contributed by atoms with Gasteiger partial charge in [-0.3, -0.25) is 0 Å². The van der Waals surface area contributed by atoms with Crippen molar-refractivity contribution in [3.63, 3.8) is 0 Å². The Morgan fingerprint density at radius 1 is 1.42 bits per heavy atom. The van der Waals surface area contributed by atoms with Crippen molar-refractivity contribution >= 4 is 34.2 Å². The molecule has 106 valence electrons. The van der Waals surface area contributed by atoms with E-state index in [1.807, 2.05) is 0 Å². The summed E-state index contributed by atoms with van der Waals surface area (Å²) in [5, 5.41) is 18.9. The third kappa shape index (κ3) is 3.09.